The molecule has 1 aliphatic heterocycles. The van der Waals surface area contributed by atoms with E-state index in [-0.39, 0.29) is 24.8 Å². The fourth-order valence-corrected chi connectivity index (χ4v) is 2.83. The van der Waals surface area contributed by atoms with Crippen LogP contribution in [0.1, 0.15) is 23.4 Å². The second-order valence-electron chi connectivity index (χ2n) is 5.41. The summed E-state index contributed by atoms with van der Waals surface area (Å²) in [4.78, 5) is 7.25. The van der Waals surface area contributed by atoms with E-state index in [9.17, 15) is 0 Å². The average Bonchev–Trinajstić information content (AvgIpc) is 2.60. The average molecular weight is 331 g/mol. The third-order valence-electron chi connectivity index (χ3n) is 3.95. The molecule has 1 N–H and O–H groups in total. The Morgan fingerprint density at radius 3 is 2.81 bits per heavy atom. The third kappa shape index (κ3) is 3.89. The second kappa shape index (κ2) is 7.99. The molecular formula is C15H24Cl2N4. The molecule has 1 aliphatic rings. The van der Waals surface area contributed by atoms with Crippen LogP contribution < -0.4 is 5.32 Å². The number of hydrogen-bond donors (Lipinski definition) is 1. The SMILES string of the molecule is Cc1nc2c(C)cccn2c1CN1CCCNCC1.Cl.Cl. The maximum absolute atomic E-state index is 4.72. The smallest absolute Gasteiger partial charge is 0.140 e. The van der Waals surface area contributed by atoms with E-state index in [1.807, 2.05) is 0 Å². The van der Waals surface area contributed by atoms with Crippen LogP contribution in [0, 0.1) is 13.8 Å². The van der Waals surface area contributed by atoms with E-state index in [0.29, 0.717) is 0 Å². The second-order valence-corrected chi connectivity index (χ2v) is 5.41. The number of halogens is 2. The zero-order valence-electron chi connectivity index (χ0n) is 12.6. The molecule has 2 aromatic heterocycles. The fourth-order valence-electron chi connectivity index (χ4n) is 2.83. The highest BCUT2D eigenvalue weighted by Gasteiger charge is 2.15. The quantitative estimate of drug-likeness (QED) is 0.918. The van der Waals surface area contributed by atoms with E-state index in [2.05, 4.69) is 46.8 Å². The lowest BCUT2D eigenvalue weighted by Gasteiger charge is -2.19. The molecule has 0 unspecified atom stereocenters. The molecule has 0 aliphatic carbocycles. The normalized spacial score (nSPS) is 16.1. The van der Waals surface area contributed by atoms with E-state index < -0.39 is 0 Å². The van der Waals surface area contributed by atoms with Gasteiger partial charge in [0.15, 0.2) is 0 Å². The first-order chi connectivity index (χ1) is 9.25. The molecule has 4 nitrogen and oxygen atoms in total. The Hall–Kier alpha value is -0.810. The Bertz CT molecular complexity index is 574. The standard InChI is InChI=1S/C15H22N4.2ClH/c1-12-5-3-9-19-14(13(2)17-15(12)19)11-18-8-4-6-16-7-10-18;;/h3,5,9,16H,4,6-8,10-11H2,1-2H3;2*1H. The number of aromatic nitrogens is 2. The topological polar surface area (TPSA) is 32.6 Å². The zero-order chi connectivity index (χ0) is 13.2. The lowest BCUT2D eigenvalue weighted by atomic mass is 10.3. The number of imidazole rings is 1. The molecule has 1 saturated heterocycles. The Morgan fingerprint density at radius 1 is 1.19 bits per heavy atom. The van der Waals surface area contributed by atoms with Crippen LogP contribution in [0.25, 0.3) is 5.65 Å². The van der Waals surface area contributed by atoms with E-state index in [1.54, 1.807) is 0 Å². The Labute approximate surface area is 138 Å². The number of fused-ring (bicyclic) bond motifs is 1. The van der Waals surface area contributed by atoms with Gasteiger partial charge < -0.3 is 9.72 Å². The summed E-state index contributed by atoms with van der Waals surface area (Å²) in [7, 11) is 0. The summed E-state index contributed by atoms with van der Waals surface area (Å²) in [6, 6.07) is 4.23. The van der Waals surface area contributed by atoms with Gasteiger partial charge in [-0.3, -0.25) is 4.90 Å². The van der Waals surface area contributed by atoms with Gasteiger partial charge in [-0.05, 0) is 45.0 Å². The van der Waals surface area contributed by atoms with Gasteiger partial charge in [0.05, 0.1) is 11.4 Å². The fraction of sp³-hybridized carbons (Fsp3) is 0.533. The van der Waals surface area contributed by atoms with Crippen molar-refractivity contribution in [3.8, 4) is 0 Å². The summed E-state index contributed by atoms with van der Waals surface area (Å²) in [5.41, 5.74) is 4.84. The molecule has 3 heterocycles. The Balaban J connectivity index is 0.00000110. The van der Waals surface area contributed by atoms with Crippen LogP contribution in [0.2, 0.25) is 0 Å². The van der Waals surface area contributed by atoms with Crippen molar-refractivity contribution in [2.75, 3.05) is 26.2 Å². The third-order valence-corrected chi connectivity index (χ3v) is 3.95. The molecule has 0 spiro atoms. The molecule has 1 fully saturated rings. The van der Waals surface area contributed by atoms with Crippen LogP contribution in [-0.2, 0) is 6.54 Å². The maximum atomic E-state index is 4.72. The van der Waals surface area contributed by atoms with Crippen molar-refractivity contribution in [1.82, 2.24) is 19.6 Å². The lowest BCUT2D eigenvalue weighted by molar-refractivity contribution is 0.279. The monoisotopic (exact) mass is 330 g/mol. The summed E-state index contributed by atoms with van der Waals surface area (Å²) in [5, 5.41) is 3.45. The van der Waals surface area contributed by atoms with Crippen LogP contribution in [-0.4, -0.2) is 40.5 Å². The molecule has 3 rings (SSSR count). The molecule has 0 aromatic carbocycles. The van der Waals surface area contributed by atoms with E-state index in [0.717, 1.165) is 37.5 Å². The minimum absolute atomic E-state index is 0. The van der Waals surface area contributed by atoms with Gasteiger partial charge in [-0.25, -0.2) is 4.98 Å². The molecule has 0 amide bonds. The van der Waals surface area contributed by atoms with Crippen molar-refractivity contribution >= 4 is 30.5 Å². The largest absolute Gasteiger partial charge is 0.315 e. The first-order valence-electron chi connectivity index (χ1n) is 7.12. The van der Waals surface area contributed by atoms with Gasteiger partial charge >= 0.3 is 0 Å². The number of hydrogen-bond acceptors (Lipinski definition) is 3. The molecule has 0 radical (unpaired) electrons. The molecule has 21 heavy (non-hydrogen) atoms. The predicted molar refractivity (Wildman–Crippen MR) is 91.9 cm³/mol. The number of aryl methyl sites for hydroxylation is 2. The van der Waals surface area contributed by atoms with E-state index in [4.69, 9.17) is 4.98 Å². The van der Waals surface area contributed by atoms with Crippen molar-refractivity contribution in [3.63, 3.8) is 0 Å². The highest BCUT2D eigenvalue weighted by molar-refractivity contribution is 5.85. The zero-order valence-corrected chi connectivity index (χ0v) is 14.3. The van der Waals surface area contributed by atoms with Crippen LogP contribution in [0.15, 0.2) is 18.3 Å². The van der Waals surface area contributed by atoms with Crippen LogP contribution in [0.3, 0.4) is 0 Å². The molecule has 2 aromatic rings. The van der Waals surface area contributed by atoms with Crippen molar-refractivity contribution in [3.05, 3.63) is 35.3 Å². The first-order valence-corrected chi connectivity index (χ1v) is 7.12. The van der Waals surface area contributed by atoms with Gasteiger partial charge in [0.2, 0.25) is 0 Å². The van der Waals surface area contributed by atoms with Crippen molar-refractivity contribution in [2.45, 2.75) is 26.8 Å². The van der Waals surface area contributed by atoms with E-state index >= 15 is 0 Å². The molecule has 0 atom stereocenters. The van der Waals surface area contributed by atoms with Gasteiger partial charge in [-0.2, -0.15) is 0 Å². The van der Waals surface area contributed by atoms with Crippen molar-refractivity contribution < 1.29 is 0 Å². The molecular weight excluding hydrogens is 307 g/mol. The van der Waals surface area contributed by atoms with Crippen molar-refractivity contribution in [1.29, 1.82) is 0 Å². The molecule has 0 bridgehead atoms. The van der Waals surface area contributed by atoms with Crippen LogP contribution in [0.4, 0.5) is 0 Å². The molecule has 118 valence electrons. The maximum Gasteiger partial charge on any atom is 0.140 e. The number of nitrogens with zero attached hydrogens (tertiary/aromatic N) is 3. The van der Waals surface area contributed by atoms with Gasteiger partial charge in [0.1, 0.15) is 5.65 Å². The number of nitrogens with one attached hydrogen (secondary N) is 1. The summed E-state index contributed by atoms with van der Waals surface area (Å²) in [6.45, 7) is 9.78. The highest BCUT2D eigenvalue weighted by atomic mass is 35.5. The Kier molecular flexibility index (Phi) is 6.94. The summed E-state index contributed by atoms with van der Waals surface area (Å²) in [5.74, 6) is 0. The molecule has 0 saturated carbocycles. The van der Waals surface area contributed by atoms with Gasteiger partial charge in [-0.1, -0.05) is 6.07 Å². The highest BCUT2D eigenvalue weighted by Crippen LogP contribution is 2.17. The van der Waals surface area contributed by atoms with Gasteiger partial charge in [-0.15, -0.1) is 24.8 Å². The predicted octanol–water partition coefficient (Wildman–Crippen LogP) is 2.59. The summed E-state index contributed by atoms with van der Waals surface area (Å²) in [6.07, 6.45) is 3.36. The van der Waals surface area contributed by atoms with Crippen molar-refractivity contribution in [2.24, 2.45) is 0 Å². The Morgan fingerprint density at radius 2 is 2.00 bits per heavy atom. The van der Waals surface area contributed by atoms with Crippen LogP contribution in [0.5, 0.6) is 0 Å². The minimum Gasteiger partial charge on any atom is -0.315 e. The first kappa shape index (κ1) is 18.2. The van der Waals surface area contributed by atoms with Gasteiger partial charge in [0.25, 0.3) is 0 Å². The summed E-state index contributed by atoms with van der Waals surface area (Å²) >= 11 is 0. The minimum atomic E-state index is 0. The van der Waals surface area contributed by atoms with Gasteiger partial charge in [0, 0.05) is 25.8 Å². The lowest BCUT2D eigenvalue weighted by Crippen LogP contribution is -2.28. The number of rotatable bonds is 2. The summed E-state index contributed by atoms with van der Waals surface area (Å²) < 4.78 is 2.25. The molecule has 6 heteroatoms. The van der Waals surface area contributed by atoms with E-state index in [1.165, 1.54) is 24.2 Å². The number of pyridine rings is 1. The van der Waals surface area contributed by atoms with Crippen LogP contribution >= 0.6 is 24.8 Å².